The number of rotatable bonds is 4. The smallest absolute Gasteiger partial charge is 0.165 e. The van der Waals surface area contributed by atoms with Crippen molar-refractivity contribution in [2.75, 3.05) is 6.61 Å². The molecule has 9 unspecified atom stereocenters. The number of hydrogen-bond acceptors (Lipinski definition) is 5. The number of aliphatic hydroxyl groups is 1. The van der Waals surface area contributed by atoms with Crippen molar-refractivity contribution >= 4 is 0 Å². The van der Waals surface area contributed by atoms with Crippen LogP contribution < -0.4 is 16.0 Å². The van der Waals surface area contributed by atoms with Gasteiger partial charge in [0.15, 0.2) is 6.35 Å². The lowest BCUT2D eigenvalue weighted by Gasteiger charge is -2.52. The summed E-state index contributed by atoms with van der Waals surface area (Å²) in [6, 6.07) is 0. The topological polar surface area (TPSA) is 65.5 Å². The van der Waals surface area contributed by atoms with Crippen molar-refractivity contribution in [1.29, 1.82) is 0 Å². The largest absolute Gasteiger partial charge is 0.393 e. The second-order valence-corrected chi connectivity index (χ2v) is 9.90. The third-order valence-electron chi connectivity index (χ3n) is 8.19. The number of ether oxygens (including phenoxy) is 1. The van der Waals surface area contributed by atoms with Crippen molar-refractivity contribution in [3.63, 3.8) is 0 Å². The molecule has 0 spiro atoms. The molecule has 4 N–H and O–H groups in total. The molecule has 4 aliphatic carbocycles. The van der Waals surface area contributed by atoms with Gasteiger partial charge in [-0.15, -0.1) is 0 Å². The molecule has 0 aromatic carbocycles. The molecular weight excluding hydrogens is 374 g/mol. The zero-order valence-electron chi connectivity index (χ0n) is 18.3. The van der Waals surface area contributed by atoms with Gasteiger partial charge in [0.1, 0.15) is 0 Å². The van der Waals surface area contributed by atoms with Gasteiger partial charge in [-0.3, -0.25) is 16.0 Å². The zero-order chi connectivity index (χ0) is 20.5. The van der Waals surface area contributed by atoms with E-state index in [0.717, 1.165) is 19.3 Å². The fraction of sp³-hybridized carbons (Fsp3) is 0.760. The van der Waals surface area contributed by atoms with E-state index in [1.807, 2.05) is 0 Å². The van der Waals surface area contributed by atoms with E-state index in [4.69, 9.17) is 4.74 Å². The summed E-state index contributed by atoms with van der Waals surface area (Å²) in [6.45, 7) is 2.73. The molecule has 0 aromatic rings. The molecule has 1 saturated heterocycles. The van der Waals surface area contributed by atoms with Crippen LogP contribution in [0.4, 0.5) is 0 Å². The van der Waals surface area contributed by atoms with E-state index in [1.54, 1.807) is 5.57 Å². The molecule has 30 heavy (non-hydrogen) atoms. The first kappa shape index (κ1) is 20.9. The normalized spacial score (nSPS) is 46.1. The Balaban J connectivity index is 1.43. The molecule has 5 rings (SSSR count). The number of allylic oxidation sites excluding steroid dienone is 6. The lowest BCUT2D eigenvalue weighted by molar-refractivity contribution is -0.0774. The Morgan fingerprint density at radius 3 is 2.63 bits per heavy atom. The van der Waals surface area contributed by atoms with Crippen LogP contribution in [0.1, 0.15) is 58.3 Å². The molecule has 5 aliphatic rings. The fourth-order valence-electron chi connectivity index (χ4n) is 6.80. The van der Waals surface area contributed by atoms with Crippen molar-refractivity contribution in [3.05, 3.63) is 36.0 Å². The standard InChI is InChI=1S/C25H39N3O2/c1-2-30-25-27-23(20-13-7-8-14-21(20)29)26-24(28-25)22-18-11-5-3-9-16(18)15-17-10-4-6-12-19(17)22/h3,5,9,11,15-16,18-29H,2,4,6-8,10,12-14H2,1H3. The van der Waals surface area contributed by atoms with Gasteiger partial charge >= 0.3 is 0 Å². The van der Waals surface area contributed by atoms with Crippen molar-refractivity contribution in [3.8, 4) is 0 Å². The summed E-state index contributed by atoms with van der Waals surface area (Å²) in [6.07, 6.45) is 21.3. The van der Waals surface area contributed by atoms with Gasteiger partial charge in [0.2, 0.25) is 0 Å². The lowest BCUT2D eigenvalue weighted by Crippen LogP contribution is -2.73. The maximum Gasteiger partial charge on any atom is 0.165 e. The van der Waals surface area contributed by atoms with E-state index in [0.29, 0.717) is 30.3 Å². The second kappa shape index (κ2) is 9.25. The summed E-state index contributed by atoms with van der Waals surface area (Å²) in [5.74, 6) is 2.41. The van der Waals surface area contributed by atoms with E-state index in [2.05, 4.69) is 53.3 Å². The van der Waals surface area contributed by atoms with Gasteiger partial charge in [-0.1, -0.05) is 55.2 Å². The summed E-state index contributed by atoms with van der Waals surface area (Å²) < 4.78 is 6.04. The van der Waals surface area contributed by atoms with Crippen LogP contribution >= 0.6 is 0 Å². The average Bonchev–Trinajstić information content (AvgIpc) is 2.77. The van der Waals surface area contributed by atoms with E-state index >= 15 is 0 Å². The van der Waals surface area contributed by atoms with Crippen molar-refractivity contribution in [2.45, 2.75) is 83.1 Å². The number of fused-ring (bicyclic) bond motifs is 2. The first-order valence-corrected chi connectivity index (χ1v) is 12.4. The molecule has 166 valence electrons. The molecule has 1 heterocycles. The first-order chi connectivity index (χ1) is 14.7. The summed E-state index contributed by atoms with van der Waals surface area (Å²) in [5, 5.41) is 22.0. The summed E-state index contributed by atoms with van der Waals surface area (Å²) in [5.41, 5.74) is 1.68. The Morgan fingerprint density at radius 1 is 0.967 bits per heavy atom. The van der Waals surface area contributed by atoms with Crippen LogP contribution in [0.2, 0.25) is 0 Å². The summed E-state index contributed by atoms with van der Waals surface area (Å²) in [4.78, 5) is 0. The Hall–Kier alpha value is -0.980. The molecule has 9 atom stereocenters. The maximum atomic E-state index is 10.7. The second-order valence-electron chi connectivity index (χ2n) is 9.90. The highest BCUT2D eigenvalue weighted by Crippen LogP contribution is 2.48. The van der Waals surface area contributed by atoms with Crippen molar-refractivity contribution in [1.82, 2.24) is 16.0 Å². The van der Waals surface area contributed by atoms with E-state index in [-0.39, 0.29) is 30.7 Å². The predicted molar refractivity (Wildman–Crippen MR) is 119 cm³/mol. The highest BCUT2D eigenvalue weighted by molar-refractivity contribution is 5.29. The Morgan fingerprint density at radius 2 is 1.77 bits per heavy atom. The SMILES string of the molecule is CCOC1NC(C2CCCCC2O)NC(C2C3CCCCC3=CC3C=CC=CC32)N1. The van der Waals surface area contributed by atoms with Crippen LogP contribution in [0.5, 0.6) is 0 Å². The van der Waals surface area contributed by atoms with Crippen molar-refractivity contribution in [2.24, 2.45) is 29.6 Å². The molecule has 5 nitrogen and oxygen atoms in total. The molecule has 0 amide bonds. The highest BCUT2D eigenvalue weighted by Gasteiger charge is 2.47. The Kier molecular flexibility index (Phi) is 6.45. The monoisotopic (exact) mass is 413 g/mol. The van der Waals surface area contributed by atoms with Crippen LogP contribution in [0.3, 0.4) is 0 Å². The minimum atomic E-state index is -0.230. The zero-order valence-corrected chi connectivity index (χ0v) is 18.3. The van der Waals surface area contributed by atoms with Gasteiger partial charge in [0.25, 0.3) is 0 Å². The van der Waals surface area contributed by atoms with Crippen LogP contribution in [0, 0.1) is 29.6 Å². The van der Waals surface area contributed by atoms with E-state index in [1.165, 1.54) is 32.1 Å². The van der Waals surface area contributed by atoms with Gasteiger partial charge in [0.05, 0.1) is 18.4 Å². The van der Waals surface area contributed by atoms with Crippen LogP contribution in [-0.4, -0.2) is 36.5 Å². The third kappa shape index (κ3) is 4.07. The molecule has 3 fully saturated rings. The van der Waals surface area contributed by atoms with Gasteiger partial charge in [0, 0.05) is 24.4 Å². The lowest BCUT2D eigenvalue weighted by atomic mass is 9.61. The number of aliphatic hydroxyl groups excluding tert-OH is 1. The quantitative estimate of drug-likeness (QED) is 0.532. The Bertz CT molecular complexity index is 690. The van der Waals surface area contributed by atoms with Gasteiger partial charge in [-0.05, 0) is 50.9 Å². The van der Waals surface area contributed by atoms with Crippen LogP contribution in [0.15, 0.2) is 36.0 Å². The molecule has 2 saturated carbocycles. The number of hydrogen-bond donors (Lipinski definition) is 4. The molecule has 0 bridgehead atoms. The van der Waals surface area contributed by atoms with Gasteiger partial charge in [-0.2, -0.15) is 0 Å². The molecule has 1 aliphatic heterocycles. The first-order valence-electron chi connectivity index (χ1n) is 12.4. The number of nitrogens with one attached hydrogen (secondary N) is 3. The van der Waals surface area contributed by atoms with Crippen LogP contribution in [-0.2, 0) is 4.74 Å². The molecule has 0 radical (unpaired) electrons. The van der Waals surface area contributed by atoms with E-state index in [9.17, 15) is 5.11 Å². The van der Waals surface area contributed by atoms with Gasteiger partial charge in [-0.25, -0.2) is 0 Å². The summed E-state index contributed by atoms with van der Waals surface area (Å²) in [7, 11) is 0. The van der Waals surface area contributed by atoms with Crippen molar-refractivity contribution < 1.29 is 9.84 Å². The van der Waals surface area contributed by atoms with E-state index < -0.39 is 0 Å². The fourth-order valence-corrected chi connectivity index (χ4v) is 6.80. The molecular formula is C25H39N3O2. The predicted octanol–water partition coefficient (Wildman–Crippen LogP) is 3.40. The minimum absolute atomic E-state index is 0.0857. The van der Waals surface area contributed by atoms with Crippen LogP contribution in [0.25, 0.3) is 0 Å². The maximum absolute atomic E-state index is 10.7. The third-order valence-corrected chi connectivity index (χ3v) is 8.19. The Labute approximate surface area is 181 Å². The van der Waals surface area contributed by atoms with Gasteiger partial charge < -0.3 is 9.84 Å². The highest BCUT2D eigenvalue weighted by atomic mass is 16.5. The summed E-state index contributed by atoms with van der Waals surface area (Å²) >= 11 is 0. The molecule has 0 aromatic heterocycles. The minimum Gasteiger partial charge on any atom is -0.393 e. The average molecular weight is 414 g/mol. The molecule has 5 heteroatoms.